The van der Waals surface area contributed by atoms with Gasteiger partial charge in [-0.2, -0.15) is 0 Å². The molecule has 1 aliphatic rings. The third-order valence-electron chi connectivity index (χ3n) is 4.91. The Morgan fingerprint density at radius 3 is 2.66 bits per heavy atom. The lowest BCUT2D eigenvalue weighted by Gasteiger charge is -2.29. The summed E-state index contributed by atoms with van der Waals surface area (Å²) in [6.45, 7) is 1.87. The molecule has 0 unspecified atom stereocenters. The molecule has 2 aromatic heterocycles. The van der Waals surface area contributed by atoms with Crippen LogP contribution in [0.2, 0.25) is 0 Å². The number of carbonyl (C=O) groups excluding carboxylic acids is 2. The van der Waals surface area contributed by atoms with Crippen molar-refractivity contribution in [1.29, 1.82) is 0 Å². The molecule has 2 N–H and O–H groups in total. The minimum Gasteiger partial charge on any atom is -0.450 e. The maximum Gasteiger partial charge on any atom is 0.270 e. The van der Waals surface area contributed by atoms with Gasteiger partial charge in [0.1, 0.15) is 11.3 Å². The van der Waals surface area contributed by atoms with E-state index in [1.54, 1.807) is 18.2 Å². The van der Waals surface area contributed by atoms with Crippen LogP contribution in [-0.2, 0) is 9.59 Å². The van der Waals surface area contributed by atoms with Crippen molar-refractivity contribution in [3.05, 3.63) is 77.6 Å². The molecule has 4 aromatic rings. The van der Waals surface area contributed by atoms with Gasteiger partial charge >= 0.3 is 0 Å². The molecule has 1 saturated heterocycles. The number of aromatic nitrogens is 2. The smallest absolute Gasteiger partial charge is 0.270 e. The van der Waals surface area contributed by atoms with Crippen LogP contribution in [0.1, 0.15) is 11.3 Å². The van der Waals surface area contributed by atoms with Crippen LogP contribution in [0.4, 0.5) is 5.69 Å². The van der Waals surface area contributed by atoms with Crippen molar-refractivity contribution in [2.45, 2.75) is 17.2 Å². The molecule has 5 rings (SSSR count). The van der Waals surface area contributed by atoms with Crippen LogP contribution >= 0.6 is 24.0 Å². The Balaban J connectivity index is 1.42. The van der Waals surface area contributed by atoms with E-state index in [-0.39, 0.29) is 10.7 Å². The molecule has 9 heteroatoms. The number of thiocarbonyl (C=S) groups is 1. The number of rotatable bonds is 4. The summed E-state index contributed by atoms with van der Waals surface area (Å²) in [5.74, 6) is -0.691. The summed E-state index contributed by atoms with van der Waals surface area (Å²) in [5.41, 5.74) is 3.22. The van der Waals surface area contributed by atoms with Crippen LogP contribution in [0.3, 0.4) is 0 Å². The first-order valence-electron chi connectivity index (χ1n) is 9.69. The third-order valence-corrected chi connectivity index (χ3v) is 6.00. The lowest BCUT2D eigenvalue weighted by atomic mass is 10.1. The third kappa shape index (κ3) is 3.72. The molecule has 158 valence electrons. The van der Waals surface area contributed by atoms with E-state index in [2.05, 4.69) is 15.3 Å². The number of aryl methyl sites for hydroxylation is 1. The van der Waals surface area contributed by atoms with Crippen LogP contribution < -0.4 is 10.2 Å². The highest BCUT2D eigenvalue weighted by atomic mass is 32.2. The summed E-state index contributed by atoms with van der Waals surface area (Å²) in [5, 5.41) is 3.89. The molecule has 0 saturated carbocycles. The topological polar surface area (TPSA) is 91.2 Å². The highest BCUT2D eigenvalue weighted by molar-refractivity contribution is 7.99. The van der Waals surface area contributed by atoms with Crippen molar-refractivity contribution in [2.75, 3.05) is 4.90 Å². The molecular formula is C23H16N4O3S2. The van der Waals surface area contributed by atoms with Crippen molar-refractivity contribution < 1.29 is 14.0 Å². The summed E-state index contributed by atoms with van der Waals surface area (Å²) in [6, 6.07) is 18.5. The van der Waals surface area contributed by atoms with Crippen LogP contribution in [0.25, 0.3) is 17.1 Å². The Labute approximate surface area is 192 Å². The van der Waals surface area contributed by atoms with E-state index in [1.165, 1.54) is 22.7 Å². The van der Waals surface area contributed by atoms with Crippen molar-refractivity contribution in [3.8, 4) is 0 Å². The Morgan fingerprint density at radius 2 is 1.84 bits per heavy atom. The van der Waals surface area contributed by atoms with Crippen LogP contribution in [0.5, 0.6) is 0 Å². The average Bonchev–Trinajstić information content (AvgIpc) is 3.38. The molecule has 1 fully saturated rings. The van der Waals surface area contributed by atoms with Crippen LogP contribution in [-0.4, -0.2) is 26.9 Å². The monoisotopic (exact) mass is 460 g/mol. The number of nitrogens with zero attached hydrogens (tertiary/aromatic N) is 2. The predicted octanol–water partition coefficient (Wildman–Crippen LogP) is 4.45. The maximum atomic E-state index is 13.1. The second kappa shape index (κ2) is 8.10. The first kappa shape index (κ1) is 20.2. The van der Waals surface area contributed by atoms with Gasteiger partial charge in [-0.3, -0.25) is 19.8 Å². The first-order valence-corrected chi connectivity index (χ1v) is 10.9. The SMILES string of the molecule is Cc1ccccc1N1C(=O)/C(=C/c2ccc(Sc3nc4ccccc4[nH]3)o2)C(=O)NC1=S. The van der Waals surface area contributed by atoms with Gasteiger partial charge in [0.15, 0.2) is 15.4 Å². The minimum absolute atomic E-state index is 0.0482. The van der Waals surface area contributed by atoms with Gasteiger partial charge in [0.25, 0.3) is 11.8 Å². The number of hydrogen-bond acceptors (Lipinski definition) is 6. The lowest BCUT2D eigenvalue weighted by Crippen LogP contribution is -2.54. The summed E-state index contributed by atoms with van der Waals surface area (Å²) in [6.07, 6.45) is 1.42. The normalized spacial score (nSPS) is 15.6. The molecule has 0 aliphatic carbocycles. The number of H-pyrrole nitrogens is 1. The molecule has 7 nitrogen and oxygen atoms in total. The summed E-state index contributed by atoms with van der Waals surface area (Å²) >= 11 is 6.57. The Morgan fingerprint density at radius 1 is 1.06 bits per heavy atom. The molecule has 3 heterocycles. The average molecular weight is 461 g/mol. The number of anilines is 1. The molecule has 2 aromatic carbocycles. The van der Waals surface area contributed by atoms with E-state index < -0.39 is 11.8 Å². The Hall–Kier alpha value is -3.69. The van der Waals surface area contributed by atoms with E-state index >= 15 is 0 Å². The van der Waals surface area contributed by atoms with E-state index in [4.69, 9.17) is 16.6 Å². The number of nitrogens with one attached hydrogen (secondary N) is 2. The number of hydrogen-bond donors (Lipinski definition) is 2. The van der Waals surface area contributed by atoms with Crippen molar-refractivity contribution >= 4 is 63.7 Å². The van der Waals surface area contributed by atoms with Gasteiger partial charge in [0, 0.05) is 0 Å². The standard InChI is InChI=1S/C23H16N4O3S2/c1-13-6-2-5-9-18(13)27-21(29)15(20(28)26-23(27)31)12-14-10-11-19(30-14)32-22-24-16-7-3-4-8-17(16)25-22/h2-12H,1H3,(H,24,25)(H,26,28,31)/b15-12+. The number of para-hydroxylation sites is 3. The van der Waals surface area contributed by atoms with E-state index in [9.17, 15) is 9.59 Å². The molecule has 0 radical (unpaired) electrons. The van der Waals surface area contributed by atoms with Gasteiger partial charge in [-0.1, -0.05) is 30.3 Å². The number of imidazole rings is 1. The number of fused-ring (bicyclic) bond motifs is 1. The molecule has 2 amide bonds. The number of aromatic amines is 1. The molecule has 1 aliphatic heterocycles. The lowest BCUT2D eigenvalue weighted by molar-refractivity contribution is -0.122. The number of amides is 2. The zero-order chi connectivity index (χ0) is 22.2. The molecule has 0 bridgehead atoms. The summed E-state index contributed by atoms with van der Waals surface area (Å²) in [4.78, 5) is 34.7. The fourth-order valence-corrected chi connectivity index (χ4v) is 4.42. The zero-order valence-electron chi connectivity index (χ0n) is 16.8. The highest BCUT2D eigenvalue weighted by Crippen LogP contribution is 2.30. The van der Waals surface area contributed by atoms with E-state index in [1.807, 2.05) is 49.4 Å². The Bertz CT molecular complexity index is 1390. The van der Waals surface area contributed by atoms with Gasteiger partial charge in [-0.15, -0.1) is 0 Å². The molecule has 0 atom stereocenters. The van der Waals surface area contributed by atoms with Gasteiger partial charge in [0.05, 0.1) is 16.7 Å². The van der Waals surface area contributed by atoms with E-state index in [0.29, 0.717) is 21.7 Å². The van der Waals surface area contributed by atoms with Crippen molar-refractivity contribution in [1.82, 2.24) is 15.3 Å². The largest absolute Gasteiger partial charge is 0.450 e. The van der Waals surface area contributed by atoms with Gasteiger partial charge in [0.2, 0.25) is 0 Å². The highest BCUT2D eigenvalue weighted by Gasteiger charge is 2.35. The van der Waals surface area contributed by atoms with Gasteiger partial charge in [-0.25, -0.2) is 4.98 Å². The number of carbonyl (C=O) groups is 2. The fraction of sp³-hybridized carbons (Fsp3) is 0.0435. The van der Waals surface area contributed by atoms with Gasteiger partial charge < -0.3 is 9.40 Å². The fourth-order valence-electron chi connectivity index (χ4n) is 3.37. The van der Waals surface area contributed by atoms with Crippen molar-refractivity contribution in [2.24, 2.45) is 0 Å². The molecular weight excluding hydrogens is 444 g/mol. The Kier molecular flexibility index (Phi) is 5.12. The zero-order valence-corrected chi connectivity index (χ0v) is 18.4. The van der Waals surface area contributed by atoms with Crippen LogP contribution in [0.15, 0.2) is 80.9 Å². The minimum atomic E-state index is -0.562. The molecule has 0 spiro atoms. The number of furan rings is 1. The second-order valence-corrected chi connectivity index (χ2v) is 8.44. The van der Waals surface area contributed by atoms with Crippen LogP contribution in [0, 0.1) is 6.92 Å². The predicted molar refractivity (Wildman–Crippen MR) is 126 cm³/mol. The summed E-state index contributed by atoms with van der Waals surface area (Å²) in [7, 11) is 0. The van der Waals surface area contributed by atoms with Gasteiger partial charge in [-0.05, 0) is 72.9 Å². The molecule has 32 heavy (non-hydrogen) atoms. The van der Waals surface area contributed by atoms with Crippen molar-refractivity contribution in [3.63, 3.8) is 0 Å². The second-order valence-electron chi connectivity index (χ2n) is 7.06. The first-order chi connectivity index (χ1) is 15.5. The maximum absolute atomic E-state index is 13.1. The summed E-state index contributed by atoms with van der Waals surface area (Å²) < 4.78 is 5.82. The number of benzene rings is 2. The quantitative estimate of drug-likeness (QED) is 0.266. The van der Waals surface area contributed by atoms with E-state index in [0.717, 1.165) is 16.6 Å².